The standard InChI is InChI=1S/C24H24N4O5/c1-32-21-5-3-2-4-17(21)13-28-20(14-33-15-22(28)29)23(30)16-6-8-18(9-7-16)27-24(31)19-12-25-10-11-26-19/h2-12,20,23,30H,13-15H2,1H3,(H,27,31). The Morgan fingerprint density at radius 3 is 2.76 bits per heavy atom. The number of amides is 2. The van der Waals surface area contributed by atoms with Crippen LogP contribution in [0.3, 0.4) is 0 Å². The molecule has 1 saturated heterocycles. The number of hydrogen-bond acceptors (Lipinski definition) is 7. The molecule has 0 bridgehead atoms. The first kappa shape index (κ1) is 22.4. The number of aromatic nitrogens is 2. The number of morpholine rings is 1. The van der Waals surface area contributed by atoms with E-state index in [-0.39, 0.29) is 30.7 Å². The number of hydrogen-bond donors (Lipinski definition) is 2. The highest BCUT2D eigenvalue weighted by atomic mass is 16.5. The number of para-hydroxylation sites is 1. The number of aliphatic hydroxyl groups excluding tert-OH is 1. The van der Waals surface area contributed by atoms with Crippen LogP contribution in [-0.4, -0.2) is 58.2 Å². The summed E-state index contributed by atoms with van der Waals surface area (Å²) in [5, 5.41) is 13.8. The van der Waals surface area contributed by atoms with Crippen molar-refractivity contribution in [1.82, 2.24) is 14.9 Å². The van der Waals surface area contributed by atoms with Crippen molar-refractivity contribution in [2.75, 3.05) is 25.6 Å². The van der Waals surface area contributed by atoms with Gasteiger partial charge in [-0.3, -0.25) is 14.6 Å². The van der Waals surface area contributed by atoms with Gasteiger partial charge in [-0.15, -0.1) is 0 Å². The number of carbonyl (C=O) groups is 2. The predicted octanol–water partition coefficient (Wildman–Crippen LogP) is 2.20. The van der Waals surface area contributed by atoms with E-state index in [2.05, 4.69) is 15.3 Å². The van der Waals surface area contributed by atoms with Gasteiger partial charge in [0.25, 0.3) is 5.91 Å². The molecule has 9 heteroatoms. The van der Waals surface area contributed by atoms with Crippen LogP contribution in [0.25, 0.3) is 0 Å². The Bertz CT molecular complexity index is 1110. The third-order valence-electron chi connectivity index (χ3n) is 5.44. The van der Waals surface area contributed by atoms with Crippen LogP contribution in [0.1, 0.15) is 27.7 Å². The molecule has 2 amide bonds. The summed E-state index contributed by atoms with van der Waals surface area (Å²) in [6.45, 7) is 0.457. The Labute approximate surface area is 191 Å². The number of rotatable bonds is 7. The van der Waals surface area contributed by atoms with Crippen molar-refractivity contribution < 1.29 is 24.2 Å². The van der Waals surface area contributed by atoms with Crippen molar-refractivity contribution in [3.05, 3.63) is 83.9 Å². The number of anilines is 1. The van der Waals surface area contributed by atoms with Crippen molar-refractivity contribution in [3.8, 4) is 5.75 Å². The van der Waals surface area contributed by atoms with Crippen LogP contribution >= 0.6 is 0 Å². The highest BCUT2D eigenvalue weighted by molar-refractivity contribution is 6.02. The summed E-state index contributed by atoms with van der Waals surface area (Å²) in [4.78, 5) is 34.4. The Morgan fingerprint density at radius 2 is 2.03 bits per heavy atom. The van der Waals surface area contributed by atoms with E-state index in [1.165, 1.54) is 18.6 Å². The number of nitrogens with one attached hydrogen (secondary N) is 1. The normalized spacial score (nSPS) is 16.8. The van der Waals surface area contributed by atoms with Crippen LogP contribution in [0.5, 0.6) is 5.75 Å². The Hall–Kier alpha value is -3.82. The number of methoxy groups -OCH3 is 1. The molecule has 2 heterocycles. The van der Waals surface area contributed by atoms with E-state index in [4.69, 9.17) is 9.47 Å². The molecule has 1 fully saturated rings. The lowest BCUT2D eigenvalue weighted by atomic mass is 9.99. The number of benzene rings is 2. The van der Waals surface area contributed by atoms with Gasteiger partial charge in [-0.25, -0.2) is 4.98 Å². The van der Waals surface area contributed by atoms with Gasteiger partial charge in [0.2, 0.25) is 5.91 Å². The zero-order valence-electron chi connectivity index (χ0n) is 18.0. The lowest BCUT2D eigenvalue weighted by Gasteiger charge is -2.38. The first-order chi connectivity index (χ1) is 16.1. The van der Waals surface area contributed by atoms with Gasteiger partial charge in [0.05, 0.1) is 26.0 Å². The molecule has 2 aromatic carbocycles. The lowest BCUT2D eigenvalue weighted by molar-refractivity contribution is -0.155. The molecule has 4 rings (SSSR count). The Kier molecular flexibility index (Phi) is 6.92. The summed E-state index contributed by atoms with van der Waals surface area (Å²) in [6, 6.07) is 13.7. The van der Waals surface area contributed by atoms with Gasteiger partial charge in [-0.05, 0) is 23.8 Å². The van der Waals surface area contributed by atoms with Gasteiger partial charge in [0.1, 0.15) is 24.2 Å². The van der Waals surface area contributed by atoms with E-state index in [1.807, 2.05) is 24.3 Å². The van der Waals surface area contributed by atoms with E-state index >= 15 is 0 Å². The topological polar surface area (TPSA) is 114 Å². The molecule has 0 spiro atoms. The molecule has 170 valence electrons. The average Bonchev–Trinajstić information content (AvgIpc) is 2.86. The third-order valence-corrected chi connectivity index (χ3v) is 5.44. The maximum Gasteiger partial charge on any atom is 0.275 e. The van der Waals surface area contributed by atoms with Crippen molar-refractivity contribution in [2.24, 2.45) is 0 Å². The largest absolute Gasteiger partial charge is 0.496 e. The zero-order valence-corrected chi connectivity index (χ0v) is 18.0. The quantitative estimate of drug-likeness (QED) is 0.570. The van der Waals surface area contributed by atoms with Gasteiger partial charge in [0, 0.05) is 30.2 Å². The molecular formula is C24H24N4O5. The van der Waals surface area contributed by atoms with Gasteiger partial charge in [-0.1, -0.05) is 30.3 Å². The third kappa shape index (κ3) is 5.16. The predicted molar refractivity (Wildman–Crippen MR) is 120 cm³/mol. The zero-order chi connectivity index (χ0) is 23.2. The van der Waals surface area contributed by atoms with E-state index in [0.717, 1.165) is 5.56 Å². The van der Waals surface area contributed by atoms with Crippen LogP contribution in [0, 0.1) is 0 Å². The second kappa shape index (κ2) is 10.2. The van der Waals surface area contributed by atoms with E-state index in [1.54, 1.807) is 36.3 Å². The summed E-state index contributed by atoms with van der Waals surface area (Å²) < 4.78 is 10.8. The summed E-state index contributed by atoms with van der Waals surface area (Å²) in [7, 11) is 1.58. The van der Waals surface area contributed by atoms with Crippen LogP contribution < -0.4 is 10.1 Å². The number of carbonyl (C=O) groups excluding carboxylic acids is 2. The van der Waals surface area contributed by atoms with Crippen molar-refractivity contribution >= 4 is 17.5 Å². The van der Waals surface area contributed by atoms with Crippen LogP contribution in [-0.2, 0) is 16.1 Å². The fraction of sp³-hybridized carbons (Fsp3) is 0.250. The lowest BCUT2D eigenvalue weighted by Crippen LogP contribution is -2.51. The van der Waals surface area contributed by atoms with Crippen LogP contribution in [0.2, 0.25) is 0 Å². The van der Waals surface area contributed by atoms with E-state index < -0.39 is 12.1 Å². The van der Waals surface area contributed by atoms with Crippen molar-refractivity contribution in [1.29, 1.82) is 0 Å². The molecule has 1 aliphatic rings. The molecule has 0 saturated carbocycles. The molecule has 0 aliphatic carbocycles. The first-order valence-electron chi connectivity index (χ1n) is 10.4. The SMILES string of the molecule is COc1ccccc1CN1C(=O)COCC1C(O)c1ccc(NC(=O)c2cnccn2)cc1. The van der Waals surface area contributed by atoms with Gasteiger partial charge >= 0.3 is 0 Å². The van der Waals surface area contributed by atoms with Crippen molar-refractivity contribution in [3.63, 3.8) is 0 Å². The molecule has 1 aliphatic heterocycles. The minimum atomic E-state index is -0.978. The maximum atomic E-state index is 12.6. The monoisotopic (exact) mass is 448 g/mol. The number of ether oxygens (including phenoxy) is 2. The fourth-order valence-corrected chi connectivity index (χ4v) is 3.71. The summed E-state index contributed by atoms with van der Waals surface area (Å²) in [6.07, 6.45) is 3.33. The second-order valence-corrected chi connectivity index (χ2v) is 7.53. The Balaban J connectivity index is 1.48. The fourth-order valence-electron chi connectivity index (χ4n) is 3.71. The minimum absolute atomic E-state index is 0.0360. The number of nitrogens with zero attached hydrogens (tertiary/aromatic N) is 3. The van der Waals surface area contributed by atoms with Gasteiger partial charge in [0.15, 0.2) is 0 Å². The van der Waals surface area contributed by atoms with Crippen molar-refractivity contribution in [2.45, 2.75) is 18.7 Å². The molecule has 2 unspecified atom stereocenters. The molecular weight excluding hydrogens is 424 g/mol. The molecule has 1 aromatic heterocycles. The minimum Gasteiger partial charge on any atom is -0.496 e. The van der Waals surface area contributed by atoms with Gasteiger partial charge in [-0.2, -0.15) is 0 Å². The molecule has 3 aromatic rings. The highest BCUT2D eigenvalue weighted by Crippen LogP contribution is 2.28. The first-order valence-corrected chi connectivity index (χ1v) is 10.4. The summed E-state index contributed by atoms with van der Waals surface area (Å²) in [5.74, 6) is 0.0861. The molecule has 33 heavy (non-hydrogen) atoms. The average molecular weight is 448 g/mol. The molecule has 2 N–H and O–H groups in total. The molecule has 0 radical (unpaired) electrons. The number of aliphatic hydroxyl groups is 1. The Morgan fingerprint density at radius 1 is 1.24 bits per heavy atom. The van der Waals surface area contributed by atoms with E-state index in [9.17, 15) is 14.7 Å². The summed E-state index contributed by atoms with van der Waals surface area (Å²) in [5.41, 5.74) is 2.19. The molecule has 9 nitrogen and oxygen atoms in total. The van der Waals surface area contributed by atoms with Crippen LogP contribution in [0.4, 0.5) is 5.69 Å². The smallest absolute Gasteiger partial charge is 0.275 e. The second-order valence-electron chi connectivity index (χ2n) is 7.53. The maximum absolute atomic E-state index is 12.6. The summed E-state index contributed by atoms with van der Waals surface area (Å²) >= 11 is 0. The van der Waals surface area contributed by atoms with E-state index in [0.29, 0.717) is 23.5 Å². The molecule has 2 atom stereocenters. The van der Waals surface area contributed by atoms with Gasteiger partial charge < -0.3 is 24.8 Å². The van der Waals surface area contributed by atoms with Crippen LogP contribution in [0.15, 0.2) is 67.1 Å². The highest BCUT2D eigenvalue weighted by Gasteiger charge is 2.35.